The Morgan fingerprint density at radius 1 is 0.284 bits per heavy atom. The number of allylic oxidation sites excluding steroid dienone is 10. The average molecular weight is 1040 g/mol. The molecule has 430 valence electrons. The zero-order chi connectivity index (χ0) is 53.6. The molecule has 0 aromatic carbocycles. The van der Waals surface area contributed by atoms with Crippen molar-refractivity contribution in [3.8, 4) is 0 Å². The molecular weight excluding hydrogens is 913 g/mol. The van der Waals surface area contributed by atoms with E-state index in [0.29, 0.717) is 19.3 Å². The normalized spacial score (nSPS) is 12.4. The summed E-state index contributed by atoms with van der Waals surface area (Å²) in [6.45, 7) is 6.56. The Hall–Kier alpha value is -2.89. The molecule has 0 saturated heterocycles. The van der Waals surface area contributed by atoms with Crippen LogP contribution in [0.2, 0.25) is 0 Å². The van der Waals surface area contributed by atoms with Crippen molar-refractivity contribution in [3.05, 3.63) is 60.8 Å². The molecule has 0 radical (unpaired) electrons. The summed E-state index contributed by atoms with van der Waals surface area (Å²) in [5.41, 5.74) is 0. The Morgan fingerprint density at radius 3 is 0.824 bits per heavy atom. The molecule has 1 unspecified atom stereocenters. The first-order chi connectivity index (χ1) is 36.5. The van der Waals surface area contributed by atoms with Crippen LogP contribution in [0.4, 0.5) is 0 Å². The van der Waals surface area contributed by atoms with Crippen LogP contribution in [0.3, 0.4) is 0 Å². The summed E-state index contributed by atoms with van der Waals surface area (Å²) in [5.74, 6) is -0.865. The number of ether oxygens (including phenoxy) is 3. The molecule has 1 atom stereocenters. The SMILES string of the molecule is CC/C=C\C/C=C\C/C=C\C/C=C\C/C=C\CCCCCCCCCC(=O)OCC(COC(=O)CCCCCCCCCCCCC)OC(=O)CCCCCCCCCCCCCCCCCCCCCCCC. The van der Waals surface area contributed by atoms with Crippen LogP contribution < -0.4 is 0 Å². The van der Waals surface area contributed by atoms with Crippen LogP contribution in [-0.2, 0) is 28.6 Å². The van der Waals surface area contributed by atoms with E-state index in [9.17, 15) is 14.4 Å². The van der Waals surface area contributed by atoms with Gasteiger partial charge in [0.05, 0.1) is 0 Å². The van der Waals surface area contributed by atoms with Crippen LogP contribution in [0.15, 0.2) is 60.8 Å². The van der Waals surface area contributed by atoms with Crippen molar-refractivity contribution in [1.29, 1.82) is 0 Å². The first-order valence-corrected chi connectivity index (χ1v) is 32.3. The van der Waals surface area contributed by atoms with Gasteiger partial charge in [-0.25, -0.2) is 0 Å². The maximum Gasteiger partial charge on any atom is 0.306 e. The second-order valence-electron chi connectivity index (χ2n) is 21.7. The Bertz CT molecular complexity index is 1330. The molecule has 0 aliphatic carbocycles. The van der Waals surface area contributed by atoms with Crippen LogP contribution in [-0.4, -0.2) is 37.2 Å². The molecule has 0 rings (SSSR count). The fourth-order valence-electron chi connectivity index (χ4n) is 9.47. The average Bonchev–Trinajstić information content (AvgIpc) is 3.40. The quantitative estimate of drug-likeness (QED) is 0.0261. The molecule has 0 amide bonds. The lowest BCUT2D eigenvalue weighted by molar-refractivity contribution is -0.167. The van der Waals surface area contributed by atoms with E-state index in [4.69, 9.17) is 14.2 Å². The van der Waals surface area contributed by atoms with Gasteiger partial charge in [-0.15, -0.1) is 0 Å². The van der Waals surface area contributed by atoms with Crippen LogP contribution in [0, 0.1) is 0 Å². The van der Waals surface area contributed by atoms with Gasteiger partial charge < -0.3 is 14.2 Å². The third kappa shape index (κ3) is 60.0. The predicted octanol–water partition coefficient (Wildman–Crippen LogP) is 21.9. The summed E-state index contributed by atoms with van der Waals surface area (Å²) in [4.78, 5) is 38.3. The van der Waals surface area contributed by atoms with E-state index in [1.165, 1.54) is 199 Å². The Balaban J connectivity index is 4.27. The van der Waals surface area contributed by atoms with E-state index in [0.717, 1.165) is 96.3 Å². The van der Waals surface area contributed by atoms with Crippen molar-refractivity contribution < 1.29 is 28.6 Å². The molecule has 0 spiro atoms. The van der Waals surface area contributed by atoms with E-state index in [2.05, 4.69) is 81.5 Å². The van der Waals surface area contributed by atoms with Gasteiger partial charge in [-0.05, 0) is 64.2 Å². The van der Waals surface area contributed by atoms with Gasteiger partial charge in [-0.1, -0.05) is 313 Å². The predicted molar refractivity (Wildman–Crippen MR) is 321 cm³/mol. The number of carbonyl (C=O) groups is 3. The molecule has 0 fully saturated rings. The van der Waals surface area contributed by atoms with Crippen LogP contribution in [0.25, 0.3) is 0 Å². The van der Waals surface area contributed by atoms with Crippen LogP contribution in [0.5, 0.6) is 0 Å². The summed E-state index contributed by atoms with van der Waals surface area (Å²) in [7, 11) is 0. The molecule has 0 aromatic heterocycles. The van der Waals surface area contributed by atoms with Gasteiger partial charge in [0, 0.05) is 19.3 Å². The Labute approximate surface area is 460 Å². The van der Waals surface area contributed by atoms with Gasteiger partial charge in [-0.2, -0.15) is 0 Å². The number of hydrogen-bond donors (Lipinski definition) is 0. The summed E-state index contributed by atoms with van der Waals surface area (Å²) in [5, 5.41) is 0. The van der Waals surface area contributed by atoms with Gasteiger partial charge in [0.15, 0.2) is 6.10 Å². The minimum absolute atomic E-state index is 0.0731. The highest BCUT2D eigenvalue weighted by atomic mass is 16.6. The minimum Gasteiger partial charge on any atom is -0.462 e. The largest absolute Gasteiger partial charge is 0.462 e. The molecular formula is C68H122O6. The lowest BCUT2D eigenvalue weighted by atomic mass is 10.0. The maximum absolute atomic E-state index is 12.9. The van der Waals surface area contributed by atoms with Gasteiger partial charge in [0.1, 0.15) is 13.2 Å². The molecule has 0 aromatic rings. The van der Waals surface area contributed by atoms with Gasteiger partial charge in [0.25, 0.3) is 0 Å². The number of esters is 3. The summed E-state index contributed by atoms with van der Waals surface area (Å²) in [6, 6.07) is 0. The smallest absolute Gasteiger partial charge is 0.306 e. The standard InChI is InChI=1S/C68H122O6/c1-4-7-10-13-16-19-22-24-26-28-30-32-34-36-37-39-41-43-46-49-52-55-58-61-67(70)73-64-65(63-72-66(69)60-57-54-51-48-45-21-18-15-12-9-6-3)74-68(71)62-59-56-53-50-47-44-42-40-38-35-33-31-29-27-25-23-20-17-14-11-8-5-2/h7,10,16,19,24,26,30,32,36-37,65H,4-6,8-9,11-15,17-18,20-23,25,27-29,31,33-35,38-64H2,1-3H3/b10-7-,19-16-,26-24-,32-30-,37-36-. The van der Waals surface area contributed by atoms with E-state index in [-0.39, 0.29) is 31.1 Å². The Morgan fingerprint density at radius 2 is 0.527 bits per heavy atom. The molecule has 0 bridgehead atoms. The molecule has 6 nitrogen and oxygen atoms in total. The first kappa shape index (κ1) is 71.1. The number of hydrogen-bond acceptors (Lipinski definition) is 6. The highest BCUT2D eigenvalue weighted by molar-refractivity contribution is 5.71. The van der Waals surface area contributed by atoms with Gasteiger partial charge in [0.2, 0.25) is 0 Å². The van der Waals surface area contributed by atoms with Crippen molar-refractivity contribution in [1.82, 2.24) is 0 Å². The molecule has 0 aliphatic heterocycles. The fraction of sp³-hybridized carbons (Fsp3) is 0.809. The van der Waals surface area contributed by atoms with Crippen molar-refractivity contribution in [2.45, 2.75) is 341 Å². The second kappa shape index (κ2) is 62.6. The monoisotopic (exact) mass is 1030 g/mol. The topological polar surface area (TPSA) is 78.9 Å². The minimum atomic E-state index is -0.776. The molecule has 74 heavy (non-hydrogen) atoms. The third-order valence-corrected chi connectivity index (χ3v) is 14.3. The maximum atomic E-state index is 12.9. The fourth-order valence-corrected chi connectivity index (χ4v) is 9.47. The summed E-state index contributed by atoms with van der Waals surface area (Å²) >= 11 is 0. The highest BCUT2D eigenvalue weighted by Crippen LogP contribution is 2.18. The molecule has 0 N–H and O–H groups in total. The van der Waals surface area contributed by atoms with E-state index in [1.807, 2.05) is 0 Å². The number of rotatable bonds is 59. The van der Waals surface area contributed by atoms with Gasteiger partial charge >= 0.3 is 17.9 Å². The van der Waals surface area contributed by atoms with Crippen LogP contribution >= 0.6 is 0 Å². The summed E-state index contributed by atoms with van der Waals surface area (Å²) in [6.07, 6.45) is 79.4. The highest BCUT2D eigenvalue weighted by Gasteiger charge is 2.19. The number of unbranched alkanes of at least 4 members (excludes halogenated alkanes) is 38. The summed E-state index contributed by atoms with van der Waals surface area (Å²) < 4.78 is 16.9. The molecule has 0 saturated carbocycles. The van der Waals surface area contributed by atoms with E-state index >= 15 is 0 Å². The van der Waals surface area contributed by atoms with E-state index < -0.39 is 6.10 Å². The number of carbonyl (C=O) groups excluding carboxylic acids is 3. The van der Waals surface area contributed by atoms with E-state index in [1.54, 1.807) is 0 Å². The zero-order valence-electron chi connectivity index (χ0n) is 49.4. The molecule has 0 aliphatic rings. The molecule has 6 heteroatoms. The van der Waals surface area contributed by atoms with Gasteiger partial charge in [-0.3, -0.25) is 14.4 Å². The van der Waals surface area contributed by atoms with Crippen LogP contribution in [0.1, 0.15) is 335 Å². The van der Waals surface area contributed by atoms with Crippen molar-refractivity contribution in [2.75, 3.05) is 13.2 Å². The Kier molecular flexibility index (Phi) is 60.2. The van der Waals surface area contributed by atoms with Crippen molar-refractivity contribution in [3.63, 3.8) is 0 Å². The molecule has 0 heterocycles. The zero-order valence-corrected chi connectivity index (χ0v) is 49.4. The third-order valence-electron chi connectivity index (χ3n) is 14.3. The van der Waals surface area contributed by atoms with Crippen molar-refractivity contribution >= 4 is 17.9 Å². The second-order valence-corrected chi connectivity index (χ2v) is 21.7. The van der Waals surface area contributed by atoms with Crippen molar-refractivity contribution in [2.24, 2.45) is 0 Å². The lowest BCUT2D eigenvalue weighted by Crippen LogP contribution is -2.30. The first-order valence-electron chi connectivity index (χ1n) is 32.3. The lowest BCUT2D eigenvalue weighted by Gasteiger charge is -2.18.